The molecule has 0 N–H and O–H groups in total. The van der Waals surface area contributed by atoms with Gasteiger partial charge in [-0.25, -0.2) is 9.67 Å². The van der Waals surface area contributed by atoms with Gasteiger partial charge in [0.1, 0.15) is 6.33 Å². The van der Waals surface area contributed by atoms with Gasteiger partial charge < -0.3 is 14.4 Å². The molecule has 33 heavy (non-hydrogen) atoms. The molecule has 0 amide bonds. The van der Waals surface area contributed by atoms with E-state index in [1.165, 1.54) is 17.7 Å². The number of likely N-dealkylation sites (N-methyl/N-ethyl adjacent to an activating group) is 1. The third-order valence-electron chi connectivity index (χ3n) is 6.91. The lowest BCUT2D eigenvalue weighted by atomic mass is 10.1. The quantitative estimate of drug-likeness (QED) is 0.432. The number of benzene rings is 2. The summed E-state index contributed by atoms with van der Waals surface area (Å²) in [5.41, 5.74) is 7.48. The van der Waals surface area contributed by atoms with Gasteiger partial charge in [-0.05, 0) is 68.0 Å². The summed E-state index contributed by atoms with van der Waals surface area (Å²) in [6, 6.07) is 19.4. The summed E-state index contributed by atoms with van der Waals surface area (Å²) in [5, 5.41) is 13.7. The molecule has 1 unspecified atom stereocenters. The first-order valence-electron chi connectivity index (χ1n) is 11.3. The fraction of sp³-hybridized carbons (Fsp3) is 0.269. The highest BCUT2D eigenvalue weighted by Gasteiger charge is 2.26. The summed E-state index contributed by atoms with van der Waals surface area (Å²) in [5.74, 6) is 0.843. The third-order valence-corrected chi connectivity index (χ3v) is 6.91. The van der Waals surface area contributed by atoms with Crippen molar-refractivity contribution in [2.45, 2.75) is 19.0 Å². The van der Waals surface area contributed by atoms with E-state index in [0.717, 1.165) is 48.0 Å². The van der Waals surface area contributed by atoms with Crippen LogP contribution in [-0.2, 0) is 6.54 Å². The van der Waals surface area contributed by atoms with E-state index in [1.807, 2.05) is 28.9 Å². The van der Waals surface area contributed by atoms with Gasteiger partial charge in [0.25, 0.3) is 0 Å². The van der Waals surface area contributed by atoms with Crippen molar-refractivity contribution in [3.8, 4) is 34.4 Å². The van der Waals surface area contributed by atoms with Crippen molar-refractivity contribution in [3.05, 3.63) is 72.2 Å². The molecule has 1 saturated heterocycles. The van der Waals surface area contributed by atoms with Crippen molar-refractivity contribution in [3.63, 3.8) is 0 Å². The molecule has 7 nitrogen and oxygen atoms in total. The topological polar surface area (TPSA) is 65.9 Å². The summed E-state index contributed by atoms with van der Waals surface area (Å²) in [6.07, 6.45) is 4.99. The van der Waals surface area contributed by atoms with Crippen LogP contribution in [0.3, 0.4) is 0 Å². The van der Waals surface area contributed by atoms with Crippen LogP contribution in [0.1, 0.15) is 17.5 Å². The Balaban J connectivity index is 1.40. The van der Waals surface area contributed by atoms with Gasteiger partial charge in [0.05, 0.1) is 23.0 Å². The minimum Gasteiger partial charge on any atom is -0.370 e. The molecule has 0 bridgehead atoms. The van der Waals surface area contributed by atoms with E-state index in [-0.39, 0.29) is 0 Å². The molecule has 6 rings (SSSR count). The van der Waals surface area contributed by atoms with Crippen molar-refractivity contribution < 1.29 is 0 Å². The number of rotatable bonds is 3. The molecule has 4 heterocycles. The van der Waals surface area contributed by atoms with E-state index in [1.54, 1.807) is 6.33 Å². The molecular formula is C26H25N7. The summed E-state index contributed by atoms with van der Waals surface area (Å²) in [6.45, 7) is 2.89. The largest absolute Gasteiger partial charge is 0.370 e. The summed E-state index contributed by atoms with van der Waals surface area (Å²) in [7, 11) is 4.33. The first-order valence-corrected chi connectivity index (χ1v) is 11.3. The molecule has 2 aliphatic heterocycles. The molecule has 4 aromatic rings. The predicted octanol–water partition coefficient (Wildman–Crippen LogP) is 3.78. The van der Waals surface area contributed by atoms with Crippen molar-refractivity contribution in [2.75, 3.05) is 32.1 Å². The minimum absolute atomic E-state index is 0.594. The number of nitrogens with zero attached hydrogens (tertiary/aromatic N) is 7. The van der Waals surface area contributed by atoms with Crippen LogP contribution in [0.15, 0.2) is 61.1 Å². The van der Waals surface area contributed by atoms with Gasteiger partial charge in [-0.1, -0.05) is 12.1 Å². The van der Waals surface area contributed by atoms with Crippen LogP contribution in [0.25, 0.3) is 28.3 Å². The van der Waals surface area contributed by atoms with E-state index in [9.17, 15) is 0 Å². The average Bonchev–Trinajstić information content (AvgIpc) is 3.58. The van der Waals surface area contributed by atoms with Gasteiger partial charge >= 0.3 is 0 Å². The van der Waals surface area contributed by atoms with Crippen molar-refractivity contribution in [1.82, 2.24) is 24.2 Å². The van der Waals surface area contributed by atoms with Gasteiger partial charge in [-0.15, -0.1) is 0 Å². The SMILES string of the molecule is CN(C)C1CCN(c2ccc3c(c2)Cn2cc(-c4ccc(C#N)cc4)cc2-c2ncnn2-3)C1. The molecule has 2 aromatic heterocycles. The van der Waals surface area contributed by atoms with Crippen molar-refractivity contribution >= 4 is 5.69 Å². The lowest BCUT2D eigenvalue weighted by molar-refractivity contribution is 0.315. The minimum atomic E-state index is 0.594. The van der Waals surface area contributed by atoms with Crippen LogP contribution in [0.4, 0.5) is 5.69 Å². The molecule has 164 valence electrons. The summed E-state index contributed by atoms with van der Waals surface area (Å²) < 4.78 is 4.21. The standard InChI is InChI=1S/C26H25N7/c1-30(2)23-9-10-31(16-23)22-7-8-24-21(11-22)15-32-14-20(19-5-3-18(13-27)4-6-19)12-25(32)26-28-17-29-33(24)26/h3-8,11-12,14,17,23H,9-10,15-16H2,1-2H3. The van der Waals surface area contributed by atoms with Gasteiger partial charge in [0, 0.05) is 43.1 Å². The first kappa shape index (κ1) is 19.8. The Kier molecular flexibility index (Phi) is 4.56. The Morgan fingerprint density at radius 3 is 2.67 bits per heavy atom. The van der Waals surface area contributed by atoms with Gasteiger partial charge in [0.2, 0.25) is 0 Å². The first-order chi connectivity index (χ1) is 16.1. The Labute approximate surface area is 193 Å². The average molecular weight is 436 g/mol. The normalized spacial score (nSPS) is 16.8. The van der Waals surface area contributed by atoms with Crippen LogP contribution in [0.5, 0.6) is 0 Å². The summed E-state index contributed by atoms with van der Waals surface area (Å²) in [4.78, 5) is 9.40. The molecule has 0 spiro atoms. The molecule has 1 fully saturated rings. The molecule has 0 radical (unpaired) electrons. The molecule has 2 aromatic carbocycles. The maximum atomic E-state index is 9.11. The number of aromatic nitrogens is 4. The van der Waals surface area contributed by atoms with Crippen molar-refractivity contribution in [2.24, 2.45) is 0 Å². The zero-order valence-electron chi connectivity index (χ0n) is 18.8. The van der Waals surface area contributed by atoms with E-state index >= 15 is 0 Å². The molecular weight excluding hydrogens is 410 g/mol. The highest BCUT2D eigenvalue weighted by molar-refractivity contribution is 5.72. The number of anilines is 1. The monoisotopic (exact) mass is 435 g/mol. The van der Waals surface area contributed by atoms with Crippen LogP contribution >= 0.6 is 0 Å². The van der Waals surface area contributed by atoms with Crippen LogP contribution in [-0.4, -0.2) is 57.5 Å². The smallest absolute Gasteiger partial charge is 0.179 e. The predicted molar refractivity (Wildman–Crippen MR) is 128 cm³/mol. The Bertz CT molecular complexity index is 1370. The Morgan fingerprint density at radius 1 is 1.06 bits per heavy atom. The van der Waals surface area contributed by atoms with E-state index in [2.05, 4.69) is 75.1 Å². The van der Waals surface area contributed by atoms with Gasteiger partial charge in [0.15, 0.2) is 5.82 Å². The maximum Gasteiger partial charge on any atom is 0.179 e. The number of hydrogen-bond donors (Lipinski definition) is 0. The highest BCUT2D eigenvalue weighted by atomic mass is 15.4. The lowest BCUT2D eigenvalue weighted by Gasteiger charge is -2.23. The number of fused-ring (bicyclic) bond motifs is 5. The van der Waals surface area contributed by atoms with Crippen LogP contribution in [0.2, 0.25) is 0 Å². The van der Waals surface area contributed by atoms with E-state index in [0.29, 0.717) is 11.6 Å². The molecule has 0 aliphatic carbocycles. The summed E-state index contributed by atoms with van der Waals surface area (Å²) >= 11 is 0. The highest BCUT2D eigenvalue weighted by Crippen LogP contribution is 2.35. The van der Waals surface area contributed by atoms with Crippen LogP contribution < -0.4 is 4.90 Å². The second kappa shape index (κ2) is 7.61. The zero-order chi connectivity index (χ0) is 22.5. The maximum absolute atomic E-state index is 9.11. The molecule has 0 saturated carbocycles. The van der Waals surface area contributed by atoms with Crippen LogP contribution in [0, 0.1) is 11.3 Å². The van der Waals surface area contributed by atoms with E-state index in [4.69, 9.17) is 5.26 Å². The fourth-order valence-corrected chi connectivity index (χ4v) is 5.00. The molecule has 2 aliphatic rings. The Morgan fingerprint density at radius 2 is 1.91 bits per heavy atom. The molecule has 7 heteroatoms. The fourth-order valence-electron chi connectivity index (χ4n) is 5.00. The second-order valence-electron chi connectivity index (χ2n) is 9.09. The van der Waals surface area contributed by atoms with Gasteiger partial charge in [-0.2, -0.15) is 10.4 Å². The number of nitriles is 1. The zero-order valence-corrected chi connectivity index (χ0v) is 18.8. The number of hydrogen-bond acceptors (Lipinski definition) is 5. The van der Waals surface area contributed by atoms with Gasteiger partial charge in [-0.3, -0.25) is 0 Å². The Hall–Kier alpha value is -3.89. The van der Waals surface area contributed by atoms with Crippen molar-refractivity contribution in [1.29, 1.82) is 5.26 Å². The second-order valence-corrected chi connectivity index (χ2v) is 9.09. The lowest BCUT2D eigenvalue weighted by Crippen LogP contribution is -2.31. The third kappa shape index (κ3) is 3.31. The van der Waals surface area contributed by atoms with E-state index < -0.39 is 0 Å². The molecule has 1 atom stereocenters.